The van der Waals surface area contributed by atoms with Gasteiger partial charge in [0.05, 0.1) is 12.3 Å². The lowest BCUT2D eigenvalue weighted by Crippen LogP contribution is -2.38. The first kappa shape index (κ1) is 24.6. The molecule has 3 atom stereocenters. The summed E-state index contributed by atoms with van der Waals surface area (Å²) in [5.74, 6) is -8.41. The van der Waals surface area contributed by atoms with Gasteiger partial charge in [0.2, 0.25) is 5.91 Å². The number of rotatable bonds is 10. The molecule has 0 spiro atoms. The van der Waals surface area contributed by atoms with Crippen molar-refractivity contribution in [2.45, 2.75) is 44.1 Å². The smallest absolute Gasteiger partial charge is 0.407 e. The van der Waals surface area contributed by atoms with Crippen molar-refractivity contribution in [2.75, 3.05) is 13.2 Å². The molecule has 2 unspecified atom stereocenters. The van der Waals surface area contributed by atoms with Gasteiger partial charge in [-0.1, -0.05) is 61.9 Å². The van der Waals surface area contributed by atoms with Crippen LogP contribution < -0.4 is 10.6 Å². The zero-order valence-corrected chi connectivity index (χ0v) is 19.3. The number of alkyl carbamates (subject to hydrolysis) is 1. The van der Waals surface area contributed by atoms with Gasteiger partial charge >= 0.3 is 12.1 Å². The Morgan fingerprint density at radius 1 is 1.06 bits per heavy atom. The highest BCUT2D eigenvalue weighted by Gasteiger charge is 2.71. The van der Waals surface area contributed by atoms with Crippen LogP contribution in [-0.4, -0.2) is 48.2 Å². The van der Waals surface area contributed by atoms with E-state index < -0.39 is 48.3 Å². The zero-order chi connectivity index (χ0) is 25.2. The topological polar surface area (TPSA) is 105 Å². The summed E-state index contributed by atoms with van der Waals surface area (Å²) in [5, 5.41) is 13.7. The predicted octanol–water partition coefficient (Wildman–Crippen LogP) is 4.17. The predicted molar refractivity (Wildman–Crippen MR) is 124 cm³/mol. The van der Waals surface area contributed by atoms with Crippen molar-refractivity contribution in [2.24, 2.45) is 11.8 Å². The average molecular weight is 487 g/mol. The van der Waals surface area contributed by atoms with Crippen LogP contribution in [0.15, 0.2) is 48.5 Å². The van der Waals surface area contributed by atoms with Crippen LogP contribution in [0, 0.1) is 11.8 Å². The monoisotopic (exact) mass is 486 g/mol. The number of ether oxygens (including phenoxy) is 1. The van der Waals surface area contributed by atoms with E-state index in [1.54, 1.807) is 0 Å². The van der Waals surface area contributed by atoms with E-state index in [9.17, 15) is 23.2 Å². The maximum atomic E-state index is 14.3. The van der Waals surface area contributed by atoms with Gasteiger partial charge in [-0.2, -0.15) is 0 Å². The first-order chi connectivity index (χ1) is 16.7. The second-order valence-corrected chi connectivity index (χ2v) is 9.06. The summed E-state index contributed by atoms with van der Waals surface area (Å²) in [7, 11) is 0. The number of carboxylic acid groups (broad SMARTS) is 1. The summed E-state index contributed by atoms with van der Waals surface area (Å²) in [5.41, 5.74) is 4.23. The third-order valence-electron chi connectivity index (χ3n) is 6.70. The number of carboxylic acids is 1. The summed E-state index contributed by atoms with van der Waals surface area (Å²) in [4.78, 5) is 35.6. The third-order valence-corrected chi connectivity index (χ3v) is 6.70. The third kappa shape index (κ3) is 5.13. The molecule has 0 aliphatic heterocycles. The molecule has 0 bridgehead atoms. The van der Waals surface area contributed by atoms with Crippen LogP contribution in [-0.2, 0) is 14.3 Å². The standard InChI is InChI=1S/C26H28F2N2O5/c1-2-7-15(12-22(31)32)30-24(33)23-21(26(23,27)28)13-29-25(34)35-14-20-18-10-5-3-8-16(18)17-9-4-6-11-19(17)20/h3-6,8-11,15,20-21,23H,2,7,12-14H2,1H3,(H,29,34)(H,30,33)(H,31,32)/t15-,21?,23?/m0/s1. The molecule has 2 aromatic carbocycles. The Morgan fingerprint density at radius 3 is 2.23 bits per heavy atom. The second-order valence-electron chi connectivity index (χ2n) is 9.06. The van der Waals surface area contributed by atoms with Crippen molar-refractivity contribution in [1.29, 1.82) is 0 Å². The maximum absolute atomic E-state index is 14.3. The molecule has 2 amide bonds. The normalized spacial score (nSPS) is 20.3. The number of alkyl halides is 2. The molecule has 0 aromatic heterocycles. The zero-order valence-electron chi connectivity index (χ0n) is 19.3. The minimum absolute atomic E-state index is 0.0543. The molecule has 2 aliphatic carbocycles. The second kappa shape index (κ2) is 10.0. The summed E-state index contributed by atoms with van der Waals surface area (Å²) < 4.78 is 33.9. The van der Waals surface area contributed by atoms with E-state index in [-0.39, 0.29) is 18.9 Å². The summed E-state index contributed by atoms with van der Waals surface area (Å²) in [6, 6.07) is 15.0. The summed E-state index contributed by atoms with van der Waals surface area (Å²) >= 11 is 0. The Kier molecular flexibility index (Phi) is 7.05. The van der Waals surface area contributed by atoms with E-state index in [1.807, 2.05) is 55.5 Å². The van der Waals surface area contributed by atoms with Crippen molar-refractivity contribution in [3.63, 3.8) is 0 Å². The SMILES string of the molecule is CCC[C@@H](CC(=O)O)NC(=O)C1C(CNC(=O)OCC2c3ccccc3-c3ccccc32)C1(F)F. The molecule has 0 saturated heterocycles. The van der Waals surface area contributed by atoms with Crippen LogP contribution in [0.2, 0.25) is 0 Å². The van der Waals surface area contributed by atoms with Crippen molar-refractivity contribution in [3.05, 3.63) is 59.7 Å². The number of aliphatic carboxylic acids is 1. The van der Waals surface area contributed by atoms with Gasteiger partial charge < -0.3 is 20.5 Å². The minimum atomic E-state index is -3.28. The van der Waals surface area contributed by atoms with Crippen molar-refractivity contribution < 1.29 is 33.0 Å². The molecule has 35 heavy (non-hydrogen) atoms. The molecule has 7 nitrogen and oxygen atoms in total. The quantitative estimate of drug-likeness (QED) is 0.468. The fourth-order valence-corrected chi connectivity index (χ4v) is 4.92. The number of nitrogens with one attached hydrogen (secondary N) is 2. The molecule has 0 radical (unpaired) electrons. The Morgan fingerprint density at radius 2 is 1.66 bits per heavy atom. The number of benzene rings is 2. The largest absolute Gasteiger partial charge is 0.481 e. The van der Waals surface area contributed by atoms with Crippen LogP contribution in [0.4, 0.5) is 13.6 Å². The van der Waals surface area contributed by atoms with Gasteiger partial charge in [-0.25, -0.2) is 13.6 Å². The molecule has 2 aromatic rings. The Balaban J connectivity index is 1.30. The summed E-state index contributed by atoms with van der Waals surface area (Å²) in [6.07, 6.45) is -0.186. The lowest BCUT2D eigenvalue weighted by Gasteiger charge is -2.16. The average Bonchev–Trinajstić information content (AvgIpc) is 3.22. The molecular weight excluding hydrogens is 458 g/mol. The molecule has 0 heterocycles. The van der Waals surface area contributed by atoms with Crippen LogP contribution in [0.5, 0.6) is 0 Å². The van der Waals surface area contributed by atoms with Gasteiger partial charge in [-0.05, 0) is 28.7 Å². The number of halogens is 2. The number of amides is 2. The van der Waals surface area contributed by atoms with E-state index in [1.165, 1.54) is 0 Å². The van der Waals surface area contributed by atoms with Gasteiger partial charge in [-0.3, -0.25) is 9.59 Å². The lowest BCUT2D eigenvalue weighted by atomic mass is 9.98. The Labute approximate surface area is 201 Å². The van der Waals surface area contributed by atoms with Crippen LogP contribution in [0.25, 0.3) is 11.1 Å². The van der Waals surface area contributed by atoms with E-state index in [2.05, 4.69) is 10.6 Å². The highest BCUT2D eigenvalue weighted by Crippen LogP contribution is 2.55. The molecule has 4 rings (SSSR count). The number of hydrogen-bond donors (Lipinski definition) is 3. The Hall–Kier alpha value is -3.49. The maximum Gasteiger partial charge on any atom is 0.407 e. The molecule has 9 heteroatoms. The van der Waals surface area contributed by atoms with Crippen molar-refractivity contribution >= 4 is 18.0 Å². The number of fused-ring (bicyclic) bond motifs is 3. The van der Waals surface area contributed by atoms with Gasteiger partial charge in [0.25, 0.3) is 5.92 Å². The summed E-state index contributed by atoms with van der Waals surface area (Å²) in [6.45, 7) is 1.45. The first-order valence-corrected chi connectivity index (χ1v) is 11.7. The first-order valence-electron chi connectivity index (χ1n) is 11.7. The highest BCUT2D eigenvalue weighted by molar-refractivity contribution is 5.84. The fourth-order valence-electron chi connectivity index (χ4n) is 4.92. The van der Waals surface area contributed by atoms with Gasteiger partial charge in [0, 0.05) is 18.5 Å². The van der Waals surface area contributed by atoms with E-state index in [4.69, 9.17) is 9.84 Å². The fraction of sp³-hybridized carbons (Fsp3) is 0.423. The van der Waals surface area contributed by atoms with Gasteiger partial charge in [-0.15, -0.1) is 0 Å². The van der Waals surface area contributed by atoms with E-state index in [0.717, 1.165) is 22.3 Å². The molecular formula is C26H28F2N2O5. The Bertz CT molecular complexity index is 1080. The van der Waals surface area contributed by atoms with E-state index >= 15 is 0 Å². The van der Waals surface area contributed by atoms with Crippen molar-refractivity contribution in [1.82, 2.24) is 10.6 Å². The molecule has 3 N–H and O–H groups in total. The molecule has 1 saturated carbocycles. The number of carbonyl (C=O) groups excluding carboxylic acids is 2. The number of carbonyl (C=O) groups is 3. The molecule has 1 fully saturated rings. The van der Waals surface area contributed by atoms with Crippen LogP contribution in [0.1, 0.15) is 43.2 Å². The van der Waals surface area contributed by atoms with E-state index in [0.29, 0.717) is 12.8 Å². The molecule has 186 valence electrons. The highest BCUT2D eigenvalue weighted by atomic mass is 19.3. The van der Waals surface area contributed by atoms with Gasteiger partial charge in [0.15, 0.2) is 0 Å². The van der Waals surface area contributed by atoms with Crippen LogP contribution >= 0.6 is 0 Å². The van der Waals surface area contributed by atoms with Crippen molar-refractivity contribution in [3.8, 4) is 11.1 Å². The van der Waals surface area contributed by atoms with Gasteiger partial charge in [0.1, 0.15) is 12.5 Å². The number of hydrogen-bond acceptors (Lipinski definition) is 4. The lowest BCUT2D eigenvalue weighted by molar-refractivity contribution is -0.137. The minimum Gasteiger partial charge on any atom is -0.481 e. The van der Waals surface area contributed by atoms with Crippen LogP contribution in [0.3, 0.4) is 0 Å². The molecule has 2 aliphatic rings.